The third-order valence-corrected chi connectivity index (χ3v) is 2.02. The van der Waals surface area contributed by atoms with Gasteiger partial charge in [-0.25, -0.2) is 0 Å². The molecule has 0 aliphatic heterocycles. The van der Waals surface area contributed by atoms with E-state index in [-0.39, 0.29) is 5.69 Å². The third-order valence-electron chi connectivity index (χ3n) is 2.02. The number of anilines is 1. The van der Waals surface area contributed by atoms with Crippen molar-refractivity contribution < 1.29 is 31.5 Å². The fourth-order valence-corrected chi connectivity index (χ4v) is 1.30. The van der Waals surface area contributed by atoms with Crippen molar-refractivity contribution in [2.45, 2.75) is 19.2 Å². The molecular weight excluding hydrogens is 287 g/mol. The number of carbonyl (C=O) groups is 1. The lowest BCUT2D eigenvalue weighted by Gasteiger charge is -2.15. The molecule has 9 heteroatoms. The largest absolute Gasteiger partial charge is 0.434 e. The van der Waals surface area contributed by atoms with Gasteiger partial charge < -0.3 is 10.1 Å². The summed E-state index contributed by atoms with van der Waals surface area (Å²) in [5, 5.41) is 10.3. The van der Waals surface area contributed by atoms with Crippen LogP contribution in [0.4, 0.5) is 27.6 Å². The first kappa shape index (κ1) is 15.7. The number of nitrogens with zero attached hydrogens (tertiary/aromatic N) is 1. The van der Waals surface area contributed by atoms with Crippen molar-refractivity contribution in [3.05, 3.63) is 23.8 Å². The molecule has 0 saturated heterocycles. The van der Waals surface area contributed by atoms with Crippen molar-refractivity contribution in [1.82, 2.24) is 0 Å². The maximum atomic E-state index is 12.7. The van der Waals surface area contributed by atoms with Gasteiger partial charge >= 0.3 is 12.8 Å². The highest BCUT2D eigenvalue weighted by atomic mass is 19.4. The van der Waals surface area contributed by atoms with E-state index in [1.165, 1.54) is 6.07 Å². The number of halogens is 5. The number of nitriles is 1. The number of carbonyl (C=O) groups excluding carboxylic acids is 1. The monoisotopic (exact) mass is 294 g/mol. The molecular formula is C11H7F5N2O2. The summed E-state index contributed by atoms with van der Waals surface area (Å²) in [7, 11) is 0. The Morgan fingerprint density at radius 3 is 2.55 bits per heavy atom. The Labute approximate surface area is 109 Å². The maximum absolute atomic E-state index is 12.7. The van der Waals surface area contributed by atoms with Crippen LogP contribution in [-0.4, -0.2) is 12.5 Å². The Bertz CT molecular complexity index is 537. The van der Waals surface area contributed by atoms with Crippen LogP contribution in [0.5, 0.6) is 5.75 Å². The highest BCUT2D eigenvalue weighted by molar-refractivity contribution is 5.92. The Hall–Kier alpha value is -2.37. The number of ether oxygens (including phenoxy) is 1. The van der Waals surface area contributed by atoms with Gasteiger partial charge in [0.2, 0.25) is 5.91 Å². The second kappa shape index (κ2) is 6.18. The molecule has 1 N–H and O–H groups in total. The first-order valence-corrected chi connectivity index (χ1v) is 5.07. The molecule has 1 amide bonds. The van der Waals surface area contributed by atoms with E-state index >= 15 is 0 Å². The number of hydrogen-bond donors (Lipinski definition) is 1. The normalized spacial score (nSPS) is 11.1. The van der Waals surface area contributed by atoms with Gasteiger partial charge in [-0.1, -0.05) is 0 Å². The average Bonchev–Trinajstić information content (AvgIpc) is 2.29. The first-order valence-electron chi connectivity index (χ1n) is 5.07. The van der Waals surface area contributed by atoms with Crippen LogP contribution in [0.1, 0.15) is 12.0 Å². The molecule has 4 nitrogen and oxygen atoms in total. The fraction of sp³-hybridized carbons (Fsp3) is 0.273. The number of benzene rings is 1. The van der Waals surface area contributed by atoms with E-state index in [4.69, 9.17) is 5.26 Å². The third kappa shape index (κ3) is 4.38. The second-order valence-corrected chi connectivity index (χ2v) is 3.47. The minimum atomic E-state index is -4.93. The standard InChI is InChI=1S/C11H7F5N2O2/c12-10(13)20-8-2-1-6(18-9(19)3-4-17)5-7(8)11(14,15)16/h1-2,5,10H,3H2,(H,18,19). The van der Waals surface area contributed by atoms with Crippen molar-refractivity contribution >= 4 is 11.6 Å². The first-order chi connectivity index (χ1) is 9.24. The second-order valence-electron chi connectivity index (χ2n) is 3.47. The van der Waals surface area contributed by atoms with Crippen molar-refractivity contribution in [3.63, 3.8) is 0 Å². The quantitative estimate of drug-likeness (QED) is 0.868. The highest BCUT2D eigenvalue weighted by Gasteiger charge is 2.35. The predicted octanol–water partition coefficient (Wildman–Crippen LogP) is 3.16. The molecule has 1 rings (SSSR count). The van der Waals surface area contributed by atoms with Gasteiger partial charge in [0, 0.05) is 5.69 Å². The molecule has 0 aromatic heterocycles. The molecule has 0 atom stereocenters. The lowest BCUT2D eigenvalue weighted by molar-refractivity contribution is -0.141. The number of alkyl halides is 5. The van der Waals surface area contributed by atoms with Crippen molar-refractivity contribution in [3.8, 4) is 11.8 Å². The van der Waals surface area contributed by atoms with E-state index in [0.29, 0.717) is 12.1 Å². The SMILES string of the molecule is N#CCC(=O)Nc1ccc(OC(F)F)c(C(F)(F)F)c1. The zero-order valence-electron chi connectivity index (χ0n) is 9.67. The van der Waals surface area contributed by atoms with E-state index < -0.39 is 36.4 Å². The summed E-state index contributed by atoms with van der Waals surface area (Å²) in [6.07, 6.45) is -5.48. The van der Waals surface area contributed by atoms with Crippen molar-refractivity contribution in [1.29, 1.82) is 5.26 Å². The summed E-state index contributed by atoms with van der Waals surface area (Å²) in [5.41, 5.74) is -1.73. The van der Waals surface area contributed by atoms with E-state index in [0.717, 1.165) is 6.07 Å². The summed E-state index contributed by atoms with van der Waals surface area (Å²) in [4.78, 5) is 11.1. The van der Waals surface area contributed by atoms with Crippen LogP contribution >= 0.6 is 0 Å². The van der Waals surface area contributed by atoms with Crippen LogP contribution in [0.2, 0.25) is 0 Å². The van der Waals surface area contributed by atoms with Gasteiger partial charge in [-0.05, 0) is 18.2 Å². The molecule has 0 bridgehead atoms. The average molecular weight is 294 g/mol. The van der Waals surface area contributed by atoms with Crippen LogP contribution in [0.15, 0.2) is 18.2 Å². The minimum absolute atomic E-state index is 0.279. The lowest BCUT2D eigenvalue weighted by atomic mass is 10.1. The van der Waals surface area contributed by atoms with Crippen molar-refractivity contribution in [2.75, 3.05) is 5.32 Å². The summed E-state index contributed by atoms with van der Waals surface area (Å²) in [6.45, 7) is -3.41. The Morgan fingerprint density at radius 2 is 2.05 bits per heavy atom. The number of amides is 1. The maximum Gasteiger partial charge on any atom is 0.420 e. The molecule has 0 fully saturated rings. The van der Waals surface area contributed by atoms with Gasteiger partial charge in [-0.2, -0.15) is 27.2 Å². The molecule has 0 spiro atoms. The van der Waals surface area contributed by atoms with Gasteiger partial charge in [0.15, 0.2) is 0 Å². The predicted molar refractivity (Wildman–Crippen MR) is 56.9 cm³/mol. The summed E-state index contributed by atoms with van der Waals surface area (Å²) in [5.74, 6) is -1.87. The van der Waals surface area contributed by atoms with Gasteiger partial charge in [0.1, 0.15) is 12.2 Å². The summed E-state index contributed by atoms with van der Waals surface area (Å²) in [6, 6.07) is 3.59. The lowest BCUT2D eigenvalue weighted by Crippen LogP contribution is -2.14. The summed E-state index contributed by atoms with van der Waals surface area (Å²) < 4.78 is 65.8. The Balaban J connectivity index is 3.08. The highest BCUT2D eigenvalue weighted by Crippen LogP contribution is 2.38. The minimum Gasteiger partial charge on any atom is -0.434 e. The molecule has 0 saturated carbocycles. The smallest absolute Gasteiger partial charge is 0.420 e. The molecule has 0 radical (unpaired) electrons. The Kier molecular flexibility index (Phi) is 4.85. The zero-order chi connectivity index (χ0) is 15.3. The zero-order valence-corrected chi connectivity index (χ0v) is 9.67. The molecule has 0 unspecified atom stereocenters. The Morgan fingerprint density at radius 1 is 1.40 bits per heavy atom. The van der Waals surface area contributed by atoms with Gasteiger partial charge in [-0.15, -0.1) is 0 Å². The molecule has 20 heavy (non-hydrogen) atoms. The van der Waals surface area contributed by atoms with Gasteiger partial charge in [0.05, 0.1) is 11.6 Å². The molecule has 0 aliphatic carbocycles. The van der Waals surface area contributed by atoms with Crippen LogP contribution in [0.25, 0.3) is 0 Å². The van der Waals surface area contributed by atoms with Gasteiger partial charge in [-0.3, -0.25) is 4.79 Å². The van der Waals surface area contributed by atoms with E-state index in [1.807, 2.05) is 5.32 Å². The molecule has 1 aromatic carbocycles. The van der Waals surface area contributed by atoms with Crippen LogP contribution in [0.3, 0.4) is 0 Å². The fourth-order valence-electron chi connectivity index (χ4n) is 1.30. The number of rotatable bonds is 4. The van der Waals surface area contributed by atoms with E-state index in [9.17, 15) is 26.7 Å². The van der Waals surface area contributed by atoms with E-state index in [2.05, 4.69) is 4.74 Å². The van der Waals surface area contributed by atoms with Crippen LogP contribution in [0, 0.1) is 11.3 Å². The summed E-state index contributed by atoms with van der Waals surface area (Å²) >= 11 is 0. The molecule has 0 heterocycles. The van der Waals surface area contributed by atoms with Crippen molar-refractivity contribution in [2.24, 2.45) is 0 Å². The molecule has 0 aliphatic rings. The molecule has 108 valence electrons. The van der Waals surface area contributed by atoms with E-state index in [1.54, 1.807) is 0 Å². The number of nitrogens with one attached hydrogen (secondary N) is 1. The topological polar surface area (TPSA) is 62.1 Å². The molecule has 1 aromatic rings. The number of hydrogen-bond acceptors (Lipinski definition) is 3. The van der Waals surface area contributed by atoms with Crippen LogP contribution in [-0.2, 0) is 11.0 Å². The van der Waals surface area contributed by atoms with Crippen LogP contribution < -0.4 is 10.1 Å². The van der Waals surface area contributed by atoms with Gasteiger partial charge in [0.25, 0.3) is 0 Å².